The van der Waals surface area contributed by atoms with Crippen LogP contribution in [0.5, 0.6) is 0 Å². The molecule has 1 N–H and O–H groups in total. The van der Waals surface area contributed by atoms with E-state index in [0.29, 0.717) is 21.3 Å². The zero-order chi connectivity index (χ0) is 14.9. The molecule has 1 heterocycles. The Bertz CT molecular complexity index is 651. The number of nitrogens with zero attached hydrogens (tertiary/aromatic N) is 2. The van der Waals surface area contributed by atoms with Crippen molar-refractivity contribution in [2.45, 2.75) is 26.2 Å². The molecule has 4 nitrogen and oxygen atoms in total. The van der Waals surface area contributed by atoms with Crippen LogP contribution in [-0.2, 0) is 5.41 Å². The molecule has 0 atom stereocenters. The van der Waals surface area contributed by atoms with E-state index in [0.717, 1.165) is 16.0 Å². The van der Waals surface area contributed by atoms with E-state index < -0.39 is 0 Å². The van der Waals surface area contributed by atoms with Crippen molar-refractivity contribution < 1.29 is 4.79 Å². The summed E-state index contributed by atoms with van der Waals surface area (Å²) in [5.41, 5.74) is 1.15. The zero-order valence-electron chi connectivity index (χ0n) is 11.2. The molecule has 0 unspecified atom stereocenters. The normalized spacial score (nSPS) is 11.4. The van der Waals surface area contributed by atoms with Crippen molar-refractivity contribution >= 4 is 50.7 Å². The monoisotopic (exact) mass is 373 g/mol. The Morgan fingerprint density at radius 3 is 2.70 bits per heavy atom. The predicted octanol–water partition coefficient (Wildman–Crippen LogP) is 4.50. The third-order valence-corrected chi connectivity index (χ3v) is 4.52. The van der Waals surface area contributed by atoms with Gasteiger partial charge in [0.1, 0.15) is 4.88 Å². The SMILES string of the molecule is CC(C)(C)c1nnsc1C(=O)Nc1ccc(Cl)c(Br)c1. The highest BCUT2D eigenvalue weighted by atomic mass is 79.9. The molecule has 7 heteroatoms. The molecule has 1 aromatic heterocycles. The summed E-state index contributed by atoms with van der Waals surface area (Å²) < 4.78 is 4.62. The van der Waals surface area contributed by atoms with Crippen LogP contribution >= 0.6 is 39.1 Å². The summed E-state index contributed by atoms with van der Waals surface area (Å²) in [6.07, 6.45) is 0. The number of carbonyl (C=O) groups is 1. The van der Waals surface area contributed by atoms with Crippen LogP contribution in [0.4, 0.5) is 5.69 Å². The Kier molecular flexibility index (Phi) is 4.46. The summed E-state index contributed by atoms with van der Waals surface area (Å²) in [6.45, 7) is 6.00. The number of anilines is 1. The highest BCUT2D eigenvalue weighted by Gasteiger charge is 2.26. The van der Waals surface area contributed by atoms with E-state index >= 15 is 0 Å². The number of halogens is 2. The molecular formula is C13H13BrClN3OS. The number of hydrogen-bond donors (Lipinski definition) is 1. The van der Waals surface area contributed by atoms with Gasteiger partial charge in [0.05, 0.1) is 10.7 Å². The molecule has 0 aliphatic heterocycles. The van der Waals surface area contributed by atoms with Crippen LogP contribution in [0.2, 0.25) is 5.02 Å². The molecule has 0 aliphatic rings. The summed E-state index contributed by atoms with van der Waals surface area (Å²) in [5, 5.41) is 7.48. The minimum Gasteiger partial charge on any atom is -0.321 e. The number of hydrogen-bond acceptors (Lipinski definition) is 4. The van der Waals surface area contributed by atoms with Crippen LogP contribution in [0.15, 0.2) is 22.7 Å². The first-order valence-corrected chi connectivity index (χ1v) is 7.82. The second-order valence-electron chi connectivity index (χ2n) is 5.28. The van der Waals surface area contributed by atoms with E-state index in [4.69, 9.17) is 11.6 Å². The van der Waals surface area contributed by atoms with E-state index in [-0.39, 0.29) is 11.3 Å². The van der Waals surface area contributed by atoms with Crippen molar-refractivity contribution in [1.29, 1.82) is 0 Å². The van der Waals surface area contributed by atoms with E-state index in [2.05, 4.69) is 30.8 Å². The van der Waals surface area contributed by atoms with Gasteiger partial charge < -0.3 is 5.32 Å². The molecule has 0 bridgehead atoms. The van der Waals surface area contributed by atoms with Crippen LogP contribution in [-0.4, -0.2) is 15.5 Å². The third kappa shape index (κ3) is 3.37. The lowest BCUT2D eigenvalue weighted by Crippen LogP contribution is -2.19. The number of amides is 1. The largest absolute Gasteiger partial charge is 0.321 e. The Labute approximate surface area is 134 Å². The highest BCUT2D eigenvalue weighted by Crippen LogP contribution is 2.28. The first-order chi connectivity index (χ1) is 9.29. The number of aromatic nitrogens is 2. The number of carbonyl (C=O) groups excluding carboxylic acids is 1. The molecular weight excluding hydrogens is 362 g/mol. The van der Waals surface area contributed by atoms with Crippen molar-refractivity contribution in [3.05, 3.63) is 38.3 Å². The van der Waals surface area contributed by atoms with E-state index in [1.54, 1.807) is 18.2 Å². The minimum atomic E-state index is -0.222. The van der Waals surface area contributed by atoms with E-state index in [1.165, 1.54) is 0 Å². The molecule has 0 saturated carbocycles. The van der Waals surface area contributed by atoms with Crippen molar-refractivity contribution in [2.24, 2.45) is 0 Å². The first-order valence-electron chi connectivity index (χ1n) is 5.88. The highest BCUT2D eigenvalue weighted by molar-refractivity contribution is 9.10. The van der Waals surface area contributed by atoms with Crippen molar-refractivity contribution in [2.75, 3.05) is 5.32 Å². The predicted molar refractivity (Wildman–Crippen MR) is 85.7 cm³/mol. The fourth-order valence-corrected chi connectivity index (χ4v) is 2.86. The maximum absolute atomic E-state index is 12.3. The van der Waals surface area contributed by atoms with Gasteiger partial charge in [-0.05, 0) is 45.7 Å². The topological polar surface area (TPSA) is 54.9 Å². The molecule has 2 rings (SSSR count). The molecule has 20 heavy (non-hydrogen) atoms. The molecule has 0 radical (unpaired) electrons. The summed E-state index contributed by atoms with van der Waals surface area (Å²) in [4.78, 5) is 12.8. The number of rotatable bonds is 2. The van der Waals surface area contributed by atoms with Crippen LogP contribution < -0.4 is 5.32 Å². The summed E-state index contributed by atoms with van der Waals surface area (Å²) >= 11 is 10.4. The standard InChI is InChI=1S/C13H13BrClN3OS/c1-13(2,3)11-10(20-18-17-11)12(19)16-7-4-5-9(15)8(14)6-7/h4-6H,1-3H3,(H,16,19). The van der Waals surface area contributed by atoms with Gasteiger partial charge in [0, 0.05) is 15.6 Å². The number of nitrogens with one attached hydrogen (secondary N) is 1. The van der Waals surface area contributed by atoms with Crippen molar-refractivity contribution in [1.82, 2.24) is 9.59 Å². The van der Waals surface area contributed by atoms with Crippen molar-refractivity contribution in [3.8, 4) is 0 Å². The molecule has 1 amide bonds. The van der Waals surface area contributed by atoms with Gasteiger partial charge in [-0.25, -0.2) is 0 Å². The Hall–Kier alpha value is -0.980. The fourth-order valence-electron chi connectivity index (χ4n) is 1.59. The average molecular weight is 375 g/mol. The van der Waals surface area contributed by atoms with Crippen molar-refractivity contribution in [3.63, 3.8) is 0 Å². The fraction of sp³-hybridized carbons (Fsp3) is 0.308. The molecule has 0 spiro atoms. The van der Waals surface area contributed by atoms with Gasteiger partial charge in [0.2, 0.25) is 0 Å². The molecule has 106 valence electrons. The van der Waals surface area contributed by atoms with Crippen LogP contribution in [0.3, 0.4) is 0 Å². The molecule has 0 fully saturated rings. The Morgan fingerprint density at radius 1 is 1.40 bits per heavy atom. The van der Waals surface area contributed by atoms with Gasteiger partial charge in [-0.15, -0.1) is 5.10 Å². The van der Waals surface area contributed by atoms with Gasteiger partial charge in [-0.3, -0.25) is 4.79 Å². The first kappa shape index (κ1) is 15.4. The van der Waals surface area contributed by atoms with Crippen LogP contribution in [0, 0.1) is 0 Å². The van der Waals surface area contributed by atoms with Crippen LogP contribution in [0.1, 0.15) is 36.1 Å². The minimum absolute atomic E-state index is 0.209. The van der Waals surface area contributed by atoms with Crippen LogP contribution in [0.25, 0.3) is 0 Å². The molecule has 0 aliphatic carbocycles. The lowest BCUT2D eigenvalue weighted by atomic mass is 9.91. The summed E-state index contributed by atoms with van der Waals surface area (Å²) in [5.74, 6) is -0.209. The van der Waals surface area contributed by atoms with Gasteiger partial charge in [-0.1, -0.05) is 36.9 Å². The van der Waals surface area contributed by atoms with Gasteiger partial charge in [-0.2, -0.15) is 0 Å². The maximum atomic E-state index is 12.3. The number of benzene rings is 1. The second kappa shape index (κ2) is 5.79. The average Bonchev–Trinajstić information content (AvgIpc) is 2.83. The summed E-state index contributed by atoms with van der Waals surface area (Å²) in [6, 6.07) is 5.22. The second-order valence-corrected chi connectivity index (χ2v) is 7.30. The Morgan fingerprint density at radius 2 is 2.10 bits per heavy atom. The lowest BCUT2D eigenvalue weighted by Gasteiger charge is -2.16. The van der Waals surface area contributed by atoms with Gasteiger partial charge in [0.15, 0.2) is 0 Å². The molecule has 2 aromatic rings. The quantitative estimate of drug-likeness (QED) is 0.841. The zero-order valence-corrected chi connectivity index (χ0v) is 14.4. The third-order valence-electron chi connectivity index (χ3n) is 2.58. The van der Waals surface area contributed by atoms with E-state index in [9.17, 15) is 4.79 Å². The smallest absolute Gasteiger partial charge is 0.269 e. The lowest BCUT2D eigenvalue weighted by molar-refractivity contribution is 0.102. The van der Waals surface area contributed by atoms with Gasteiger partial charge in [0.25, 0.3) is 5.91 Å². The van der Waals surface area contributed by atoms with E-state index in [1.807, 2.05) is 20.8 Å². The molecule has 1 aromatic carbocycles. The Balaban J connectivity index is 2.25. The molecule has 0 saturated heterocycles. The summed E-state index contributed by atoms with van der Waals surface area (Å²) in [7, 11) is 0. The maximum Gasteiger partial charge on any atom is 0.269 e. The van der Waals surface area contributed by atoms with Gasteiger partial charge >= 0.3 is 0 Å².